The molecule has 1 aromatic heterocycles. The number of hydrogen-bond donors (Lipinski definition) is 2. The van der Waals surface area contributed by atoms with Crippen molar-refractivity contribution >= 4 is 0 Å². The van der Waals surface area contributed by atoms with Gasteiger partial charge >= 0.3 is 0 Å². The van der Waals surface area contributed by atoms with E-state index < -0.39 is 0 Å². The summed E-state index contributed by atoms with van der Waals surface area (Å²) < 4.78 is 1.99. The topological polar surface area (TPSA) is 55.9 Å². The Bertz CT molecular complexity index is 416. The molecular weight excluding hydrogens is 248 g/mol. The van der Waals surface area contributed by atoms with Crippen LogP contribution >= 0.6 is 0 Å². The zero-order valence-electron chi connectivity index (χ0n) is 13.4. The van der Waals surface area contributed by atoms with Gasteiger partial charge in [-0.3, -0.25) is 16.0 Å². The largest absolute Gasteiger partial charge is 0.272 e. The van der Waals surface area contributed by atoms with Crippen LogP contribution in [0, 0.1) is 24.7 Å². The molecule has 0 saturated heterocycles. The summed E-state index contributed by atoms with van der Waals surface area (Å²) in [6.45, 7) is 6.74. The second-order valence-corrected chi connectivity index (χ2v) is 6.80. The summed E-state index contributed by atoms with van der Waals surface area (Å²) in [5, 5.41) is 4.43. The lowest BCUT2D eigenvalue weighted by Gasteiger charge is -2.35. The van der Waals surface area contributed by atoms with Crippen LogP contribution in [0.3, 0.4) is 0 Å². The van der Waals surface area contributed by atoms with Crippen molar-refractivity contribution in [3.63, 3.8) is 0 Å². The predicted molar refractivity (Wildman–Crippen MR) is 83.0 cm³/mol. The molecule has 3 N–H and O–H groups in total. The van der Waals surface area contributed by atoms with E-state index in [-0.39, 0.29) is 0 Å². The number of hydrazine groups is 1. The first-order chi connectivity index (χ1) is 9.51. The van der Waals surface area contributed by atoms with Crippen molar-refractivity contribution in [2.75, 3.05) is 0 Å². The van der Waals surface area contributed by atoms with Crippen molar-refractivity contribution in [2.45, 2.75) is 58.9 Å². The van der Waals surface area contributed by atoms with Gasteiger partial charge in [-0.2, -0.15) is 5.10 Å². The molecule has 4 heteroatoms. The van der Waals surface area contributed by atoms with Crippen molar-refractivity contribution in [1.29, 1.82) is 0 Å². The SMILES string of the molecule is Cc1cc(CC(NN)C2CCC(C(C)C)CC2)n(C)n1. The van der Waals surface area contributed by atoms with E-state index in [1.165, 1.54) is 31.4 Å². The summed E-state index contributed by atoms with van der Waals surface area (Å²) in [6, 6.07) is 2.54. The number of nitrogens with two attached hydrogens (primary N) is 1. The highest BCUT2D eigenvalue weighted by Gasteiger charge is 2.28. The Morgan fingerprint density at radius 3 is 2.35 bits per heavy atom. The molecule has 1 heterocycles. The molecule has 1 saturated carbocycles. The molecule has 1 atom stereocenters. The molecule has 1 aliphatic carbocycles. The Balaban J connectivity index is 1.94. The number of hydrogen-bond acceptors (Lipinski definition) is 3. The zero-order chi connectivity index (χ0) is 14.7. The average Bonchev–Trinajstić information content (AvgIpc) is 2.74. The molecule has 0 aromatic carbocycles. The molecule has 2 rings (SSSR count). The van der Waals surface area contributed by atoms with Gasteiger partial charge in [-0.25, -0.2) is 0 Å². The van der Waals surface area contributed by atoms with Gasteiger partial charge in [0.15, 0.2) is 0 Å². The van der Waals surface area contributed by atoms with Crippen LogP contribution in [0.1, 0.15) is 50.9 Å². The summed E-state index contributed by atoms with van der Waals surface area (Å²) in [6.07, 6.45) is 6.28. The fourth-order valence-electron chi connectivity index (χ4n) is 3.66. The van der Waals surface area contributed by atoms with E-state index in [0.717, 1.165) is 24.0 Å². The number of aryl methyl sites for hydroxylation is 2. The maximum atomic E-state index is 5.82. The molecule has 0 radical (unpaired) electrons. The first-order valence-electron chi connectivity index (χ1n) is 7.97. The number of nitrogens with one attached hydrogen (secondary N) is 1. The first-order valence-corrected chi connectivity index (χ1v) is 7.97. The van der Waals surface area contributed by atoms with E-state index in [0.29, 0.717) is 12.0 Å². The molecule has 0 amide bonds. The third-order valence-corrected chi connectivity index (χ3v) is 5.07. The van der Waals surface area contributed by atoms with Crippen molar-refractivity contribution in [3.8, 4) is 0 Å². The van der Waals surface area contributed by atoms with E-state index >= 15 is 0 Å². The fourth-order valence-corrected chi connectivity index (χ4v) is 3.66. The standard InChI is InChI=1S/C16H30N4/c1-11(2)13-5-7-14(8-6-13)16(18-17)10-15-9-12(3)19-20(15)4/h9,11,13-14,16,18H,5-8,10,17H2,1-4H3. The second-order valence-electron chi connectivity index (χ2n) is 6.80. The maximum absolute atomic E-state index is 5.82. The summed E-state index contributed by atoms with van der Waals surface area (Å²) in [5.41, 5.74) is 5.42. The minimum absolute atomic E-state index is 0.373. The molecular formula is C16H30N4. The Hall–Kier alpha value is -0.870. The van der Waals surface area contributed by atoms with Gasteiger partial charge in [-0.05, 0) is 56.4 Å². The third kappa shape index (κ3) is 3.61. The monoisotopic (exact) mass is 278 g/mol. The van der Waals surface area contributed by atoms with Crippen LogP contribution in [0.4, 0.5) is 0 Å². The third-order valence-electron chi connectivity index (χ3n) is 5.07. The minimum atomic E-state index is 0.373. The van der Waals surface area contributed by atoms with Crippen molar-refractivity contribution < 1.29 is 0 Å². The van der Waals surface area contributed by atoms with E-state index in [2.05, 4.69) is 30.4 Å². The average molecular weight is 278 g/mol. The van der Waals surface area contributed by atoms with Crippen LogP contribution in [0.15, 0.2) is 6.07 Å². The van der Waals surface area contributed by atoms with Gasteiger partial charge in [0, 0.05) is 25.2 Å². The Kier molecular flexibility index (Phi) is 5.22. The van der Waals surface area contributed by atoms with Gasteiger partial charge in [0.1, 0.15) is 0 Å². The minimum Gasteiger partial charge on any atom is -0.272 e. The van der Waals surface area contributed by atoms with E-state index in [1.54, 1.807) is 0 Å². The van der Waals surface area contributed by atoms with Crippen LogP contribution in [0.5, 0.6) is 0 Å². The van der Waals surface area contributed by atoms with E-state index in [4.69, 9.17) is 5.84 Å². The quantitative estimate of drug-likeness (QED) is 0.643. The second kappa shape index (κ2) is 6.72. The Morgan fingerprint density at radius 1 is 1.30 bits per heavy atom. The van der Waals surface area contributed by atoms with Gasteiger partial charge in [0.2, 0.25) is 0 Å². The summed E-state index contributed by atoms with van der Waals surface area (Å²) >= 11 is 0. The molecule has 114 valence electrons. The smallest absolute Gasteiger partial charge is 0.0596 e. The van der Waals surface area contributed by atoms with E-state index in [1.807, 2.05) is 18.7 Å². The van der Waals surface area contributed by atoms with Crippen LogP contribution in [0.25, 0.3) is 0 Å². The molecule has 1 unspecified atom stereocenters. The Labute approximate surface area is 123 Å². The maximum Gasteiger partial charge on any atom is 0.0596 e. The molecule has 0 aliphatic heterocycles. The van der Waals surface area contributed by atoms with Gasteiger partial charge in [-0.15, -0.1) is 0 Å². The van der Waals surface area contributed by atoms with Crippen molar-refractivity contribution in [1.82, 2.24) is 15.2 Å². The lowest BCUT2D eigenvalue weighted by atomic mass is 9.74. The van der Waals surface area contributed by atoms with Crippen LogP contribution in [-0.4, -0.2) is 15.8 Å². The van der Waals surface area contributed by atoms with Crippen molar-refractivity contribution in [3.05, 3.63) is 17.5 Å². The van der Waals surface area contributed by atoms with Gasteiger partial charge in [0.25, 0.3) is 0 Å². The Morgan fingerprint density at radius 2 is 1.90 bits per heavy atom. The number of aromatic nitrogens is 2. The first kappa shape index (κ1) is 15.5. The highest BCUT2D eigenvalue weighted by atomic mass is 15.3. The lowest BCUT2D eigenvalue weighted by Crippen LogP contribution is -2.44. The highest BCUT2D eigenvalue weighted by molar-refractivity contribution is 5.10. The molecule has 20 heavy (non-hydrogen) atoms. The molecule has 1 aliphatic rings. The predicted octanol–water partition coefficient (Wildman–Crippen LogP) is 2.57. The molecule has 1 fully saturated rings. The summed E-state index contributed by atoms with van der Waals surface area (Å²) in [7, 11) is 2.02. The molecule has 4 nitrogen and oxygen atoms in total. The van der Waals surface area contributed by atoms with Gasteiger partial charge in [0.05, 0.1) is 5.69 Å². The van der Waals surface area contributed by atoms with Gasteiger partial charge < -0.3 is 0 Å². The number of nitrogens with zero attached hydrogens (tertiary/aromatic N) is 2. The molecule has 0 spiro atoms. The summed E-state index contributed by atoms with van der Waals surface area (Å²) in [4.78, 5) is 0. The number of rotatable bonds is 5. The van der Waals surface area contributed by atoms with Crippen LogP contribution in [0.2, 0.25) is 0 Å². The van der Waals surface area contributed by atoms with Crippen molar-refractivity contribution in [2.24, 2.45) is 30.6 Å². The molecule has 1 aromatic rings. The lowest BCUT2D eigenvalue weighted by molar-refractivity contribution is 0.187. The zero-order valence-corrected chi connectivity index (χ0v) is 13.4. The fraction of sp³-hybridized carbons (Fsp3) is 0.812. The van der Waals surface area contributed by atoms with Gasteiger partial charge in [-0.1, -0.05) is 13.8 Å². The summed E-state index contributed by atoms with van der Waals surface area (Å²) in [5.74, 6) is 8.25. The normalized spacial score (nSPS) is 25.1. The molecule has 0 bridgehead atoms. The van der Waals surface area contributed by atoms with E-state index in [9.17, 15) is 0 Å². The van der Waals surface area contributed by atoms with Crippen LogP contribution in [-0.2, 0) is 13.5 Å². The highest BCUT2D eigenvalue weighted by Crippen LogP contribution is 2.35. The van der Waals surface area contributed by atoms with Crippen LogP contribution < -0.4 is 11.3 Å².